The van der Waals surface area contributed by atoms with Crippen LogP contribution in [0.25, 0.3) is 0 Å². The van der Waals surface area contributed by atoms with Gasteiger partial charge in [-0.2, -0.15) is 0 Å². The van der Waals surface area contributed by atoms with Gasteiger partial charge in [0.1, 0.15) is 11.6 Å². The lowest BCUT2D eigenvalue weighted by Crippen LogP contribution is -2.36. The second-order valence-electron chi connectivity index (χ2n) is 4.15. The molecule has 3 N–H and O–H groups in total. The number of hydrogen-bond acceptors (Lipinski definition) is 2. The highest BCUT2D eigenvalue weighted by Crippen LogP contribution is 2.31. The Morgan fingerprint density at radius 3 is 2.19 bits per heavy atom. The molecule has 90 valence electrons. The van der Waals surface area contributed by atoms with E-state index in [-0.39, 0.29) is 18.0 Å². The van der Waals surface area contributed by atoms with Crippen molar-refractivity contribution in [1.82, 2.24) is 0 Å². The number of benzene rings is 1. The van der Waals surface area contributed by atoms with Crippen LogP contribution in [0.5, 0.6) is 0 Å². The molecule has 0 aliphatic rings. The Hall–Kier alpha value is -1.00. The van der Waals surface area contributed by atoms with E-state index in [1.807, 2.05) is 6.92 Å². The summed E-state index contributed by atoms with van der Waals surface area (Å²) in [7, 11) is 0. The standard InChI is InChI=1S/C12H17F2NO/c1-3-8(7-15)12(2,16)9-4-10(13)6-11(14)5-9/h4-6,8,16H,3,7,15H2,1-2H3. The average molecular weight is 229 g/mol. The minimum atomic E-state index is -1.31. The van der Waals surface area contributed by atoms with Crippen LogP contribution in [0.1, 0.15) is 25.8 Å². The summed E-state index contributed by atoms with van der Waals surface area (Å²) < 4.78 is 26.1. The molecule has 1 aromatic carbocycles. The summed E-state index contributed by atoms with van der Waals surface area (Å²) >= 11 is 0. The Labute approximate surface area is 94.1 Å². The first-order chi connectivity index (χ1) is 7.41. The van der Waals surface area contributed by atoms with E-state index in [1.54, 1.807) is 0 Å². The van der Waals surface area contributed by atoms with Crippen molar-refractivity contribution in [1.29, 1.82) is 0 Å². The van der Waals surface area contributed by atoms with E-state index in [9.17, 15) is 13.9 Å². The van der Waals surface area contributed by atoms with Gasteiger partial charge in [0.05, 0.1) is 5.60 Å². The largest absolute Gasteiger partial charge is 0.385 e. The molecule has 16 heavy (non-hydrogen) atoms. The third-order valence-corrected chi connectivity index (χ3v) is 3.02. The maximum atomic E-state index is 13.0. The lowest BCUT2D eigenvalue weighted by atomic mass is 9.81. The molecule has 0 aliphatic heterocycles. The molecule has 0 heterocycles. The van der Waals surface area contributed by atoms with Crippen LogP contribution >= 0.6 is 0 Å². The molecule has 0 saturated carbocycles. The first-order valence-electron chi connectivity index (χ1n) is 5.30. The Morgan fingerprint density at radius 2 is 1.81 bits per heavy atom. The predicted molar refractivity (Wildman–Crippen MR) is 58.8 cm³/mol. The molecule has 0 fully saturated rings. The van der Waals surface area contributed by atoms with Gasteiger partial charge in [0.2, 0.25) is 0 Å². The van der Waals surface area contributed by atoms with Gasteiger partial charge in [-0.1, -0.05) is 6.92 Å². The summed E-state index contributed by atoms with van der Waals surface area (Å²) in [6.07, 6.45) is 0.641. The van der Waals surface area contributed by atoms with E-state index in [1.165, 1.54) is 6.92 Å². The molecule has 0 aromatic heterocycles. The van der Waals surface area contributed by atoms with E-state index in [4.69, 9.17) is 5.73 Å². The van der Waals surface area contributed by atoms with E-state index in [0.717, 1.165) is 18.2 Å². The van der Waals surface area contributed by atoms with Crippen LogP contribution in [0, 0.1) is 17.6 Å². The van der Waals surface area contributed by atoms with Crippen molar-refractivity contribution in [3.63, 3.8) is 0 Å². The molecule has 2 atom stereocenters. The van der Waals surface area contributed by atoms with Crippen molar-refractivity contribution in [2.75, 3.05) is 6.54 Å². The zero-order valence-electron chi connectivity index (χ0n) is 9.50. The topological polar surface area (TPSA) is 46.2 Å². The number of nitrogens with two attached hydrogens (primary N) is 1. The number of rotatable bonds is 4. The highest BCUT2D eigenvalue weighted by Gasteiger charge is 2.32. The fourth-order valence-corrected chi connectivity index (χ4v) is 1.88. The van der Waals surface area contributed by atoms with E-state index < -0.39 is 17.2 Å². The third-order valence-electron chi connectivity index (χ3n) is 3.02. The van der Waals surface area contributed by atoms with Crippen molar-refractivity contribution in [2.24, 2.45) is 11.7 Å². The van der Waals surface area contributed by atoms with Crippen molar-refractivity contribution in [3.05, 3.63) is 35.4 Å². The molecule has 4 heteroatoms. The van der Waals surface area contributed by atoms with Gasteiger partial charge in [-0.15, -0.1) is 0 Å². The molecular weight excluding hydrogens is 212 g/mol. The van der Waals surface area contributed by atoms with E-state index in [0.29, 0.717) is 6.42 Å². The molecule has 0 aliphatic carbocycles. The van der Waals surface area contributed by atoms with Crippen molar-refractivity contribution in [2.45, 2.75) is 25.9 Å². The average Bonchev–Trinajstić information content (AvgIpc) is 2.17. The van der Waals surface area contributed by atoms with Gasteiger partial charge in [-0.3, -0.25) is 0 Å². The van der Waals surface area contributed by atoms with Crippen LogP contribution in [-0.2, 0) is 5.60 Å². The SMILES string of the molecule is CCC(CN)C(C)(O)c1cc(F)cc(F)c1. The van der Waals surface area contributed by atoms with Crippen LogP contribution < -0.4 is 5.73 Å². The normalized spacial score (nSPS) is 16.9. The van der Waals surface area contributed by atoms with Crippen molar-refractivity contribution in [3.8, 4) is 0 Å². The molecule has 0 amide bonds. The highest BCUT2D eigenvalue weighted by molar-refractivity contribution is 5.24. The van der Waals surface area contributed by atoms with Crippen LogP contribution in [0.15, 0.2) is 18.2 Å². The molecule has 1 aromatic rings. The number of hydrogen-bond donors (Lipinski definition) is 2. The Balaban J connectivity index is 3.14. The summed E-state index contributed by atoms with van der Waals surface area (Å²) in [5, 5.41) is 10.3. The Kier molecular flexibility index (Phi) is 3.99. The minimum absolute atomic E-state index is 0.224. The first kappa shape index (κ1) is 13.1. The molecular formula is C12H17F2NO. The number of halogens is 2. The summed E-state index contributed by atoms with van der Waals surface area (Å²) in [6.45, 7) is 3.67. The smallest absolute Gasteiger partial charge is 0.126 e. The zero-order valence-corrected chi connectivity index (χ0v) is 9.50. The van der Waals surface area contributed by atoms with Gasteiger partial charge < -0.3 is 10.8 Å². The summed E-state index contributed by atoms with van der Waals surface area (Å²) in [6, 6.07) is 3.06. The molecule has 0 saturated heterocycles. The van der Waals surface area contributed by atoms with Crippen molar-refractivity contribution >= 4 is 0 Å². The molecule has 2 nitrogen and oxygen atoms in total. The van der Waals surface area contributed by atoms with Gasteiger partial charge in [0, 0.05) is 12.0 Å². The summed E-state index contributed by atoms with van der Waals surface area (Å²) in [4.78, 5) is 0. The lowest BCUT2D eigenvalue weighted by Gasteiger charge is -2.32. The van der Waals surface area contributed by atoms with Gasteiger partial charge in [-0.05, 0) is 37.6 Å². The predicted octanol–water partition coefficient (Wildman–Crippen LogP) is 2.16. The van der Waals surface area contributed by atoms with Crippen LogP contribution in [0.3, 0.4) is 0 Å². The van der Waals surface area contributed by atoms with Crippen LogP contribution in [0.4, 0.5) is 8.78 Å². The molecule has 0 radical (unpaired) electrons. The number of aliphatic hydroxyl groups is 1. The van der Waals surface area contributed by atoms with Gasteiger partial charge in [0.15, 0.2) is 0 Å². The lowest BCUT2D eigenvalue weighted by molar-refractivity contribution is -0.00455. The Morgan fingerprint density at radius 1 is 1.31 bits per heavy atom. The zero-order chi connectivity index (χ0) is 12.3. The molecule has 1 rings (SSSR count). The van der Waals surface area contributed by atoms with E-state index in [2.05, 4.69) is 0 Å². The van der Waals surface area contributed by atoms with Crippen LogP contribution in [-0.4, -0.2) is 11.7 Å². The highest BCUT2D eigenvalue weighted by atomic mass is 19.1. The molecule has 2 unspecified atom stereocenters. The first-order valence-corrected chi connectivity index (χ1v) is 5.30. The molecule has 0 spiro atoms. The second kappa shape index (κ2) is 4.89. The molecule has 0 bridgehead atoms. The fraction of sp³-hybridized carbons (Fsp3) is 0.500. The van der Waals surface area contributed by atoms with Crippen LogP contribution in [0.2, 0.25) is 0 Å². The van der Waals surface area contributed by atoms with Crippen molar-refractivity contribution < 1.29 is 13.9 Å². The van der Waals surface area contributed by atoms with Gasteiger partial charge in [-0.25, -0.2) is 8.78 Å². The Bertz CT molecular complexity index is 342. The quantitative estimate of drug-likeness (QED) is 0.831. The van der Waals surface area contributed by atoms with E-state index >= 15 is 0 Å². The fourth-order valence-electron chi connectivity index (χ4n) is 1.88. The monoisotopic (exact) mass is 229 g/mol. The maximum Gasteiger partial charge on any atom is 0.126 e. The third kappa shape index (κ3) is 2.57. The van der Waals surface area contributed by atoms with Gasteiger partial charge >= 0.3 is 0 Å². The second-order valence-corrected chi connectivity index (χ2v) is 4.15. The minimum Gasteiger partial charge on any atom is -0.385 e. The maximum absolute atomic E-state index is 13.0. The summed E-state index contributed by atoms with van der Waals surface area (Å²) in [5.41, 5.74) is 4.45. The summed E-state index contributed by atoms with van der Waals surface area (Å²) in [5.74, 6) is -1.61. The van der Waals surface area contributed by atoms with Gasteiger partial charge in [0.25, 0.3) is 0 Å².